The maximum absolute atomic E-state index is 12.3. The van der Waals surface area contributed by atoms with Gasteiger partial charge >= 0.3 is 5.97 Å². The molecule has 0 aliphatic rings. The molecule has 2 unspecified atom stereocenters. The number of rotatable bonds is 6. The van der Waals surface area contributed by atoms with Crippen molar-refractivity contribution in [1.29, 1.82) is 0 Å². The Morgan fingerprint density at radius 2 is 1.79 bits per heavy atom. The summed E-state index contributed by atoms with van der Waals surface area (Å²) in [6, 6.07) is 12.9. The molecule has 2 aromatic carbocycles. The second kappa shape index (κ2) is 8.08. The first kappa shape index (κ1) is 18.2. The number of carboxylic acids is 1. The number of benzene rings is 2. The fourth-order valence-corrected chi connectivity index (χ4v) is 3.20. The first-order valence-electron chi connectivity index (χ1n) is 7.13. The number of amides is 1. The third-order valence-corrected chi connectivity index (χ3v) is 5.36. The van der Waals surface area contributed by atoms with E-state index in [4.69, 9.17) is 16.7 Å². The number of hydrogen-bond acceptors (Lipinski definition) is 3. The van der Waals surface area contributed by atoms with Gasteiger partial charge in [-0.15, -0.1) is 0 Å². The van der Waals surface area contributed by atoms with Crippen molar-refractivity contribution in [2.24, 2.45) is 0 Å². The van der Waals surface area contributed by atoms with Crippen molar-refractivity contribution in [3.05, 3.63) is 64.7 Å². The zero-order valence-electron chi connectivity index (χ0n) is 12.9. The summed E-state index contributed by atoms with van der Waals surface area (Å²) < 4.78 is 12.3. The zero-order chi connectivity index (χ0) is 17.7. The lowest BCUT2D eigenvalue weighted by Crippen LogP contribution is -2.29. The van der Waals surface area contributed by atoms with E-state index < -0.39 is 22.0 Å². The first-order chi connectivity index (χ1) is 11.4. The molecule has 0 aliphatic carbocycles. The third-order valence-electron chi connectivity index (χ3n) is 3.41. The van der Waals surface area contributed by atoms with Crippen molar-refractivity contribution in [3.8, 4) is 0 Å². The lowest BCUT2D eigenvalue weighted by Gasteiger charge is -2.13. The Hall–Kier alpha value is -2.18. The topological polar surface area (TPSA) is 83.5 Å². The number of carbonyl (C=O) groups excluding carboxylic acids is 1. The van der Waals surface area contributed by atoms with Gasteiger partial charge in [-0.05, 0) is 36.8 Å². The quantitative estimate of drug-likeness (QED) is 0.822. The fourth-order valence-electron chi connectivity index (χ4n) is 1.95. The van der Waals surface area contributed by atoms with E-state index >= 15 is 0 Å². The van der Waals surface area contributed by atoms with Crippen LogP contribution in [0.5, 0.6) is 0 Å². The molecule has 5 nitrogen and oxygen atoms in total. The SMILES string of the molecule is CC(C(=O)Nc1ccccc1Cl)S(=O)Cc1ccc(C(=O)O)cc1. The van der Waals surface area contributed by atoms with Gasteiger partial charge in [0, 0.05) is 16.6 Å². The molecule has 7 heteroatoms. The molecule has 0 spiro atoms. The minimum absolute atomic E-state index is 0.161. The summed E-state index contributed by atoms with van der Waals surface area (Å²) in [6.07, 6.45) is 0. The maximum atomic E-state index is 12.3. The van der Waals surface area contributed by atoms with Crippen LogP contribution in [0.3, 0.4) is 0 Å². The highest BCUT2D eigenvalue weighted by Crippen LogP contribution is 2.21. The van der Waals surface area contributed by atoms with Crippen LogP contribution in [0.4, 0.5) is 5.69 Å². The Morgan fingerprint density at radius 1 is 1.17 bits per heavy atom. The van der Waals surface area contributed by atoms with E-state index in [2.05, 4.69) is 5.32 Å². The lowest BCUT2D eigenvalue weighted by atomic mass is 10.1. The van der Waals surface area contributed by atoms with Crippen LogP contribution >= 0.6 is 11.6 Å². The summed E-state index contributed by atoms with van der Waals surface area (Å²) in [5.41, 5.74) is 1.34. The van der Waals surface area contributed by atoms with Gasteiger partial charge in [0.2, 0.25) is 5.91 Å². The van der Waals surface area contributed by atoms with Crippen LogP contribution in [0.15, 0.2) is 48.5 Å². The van der Waals surface area contributed by atoms with Crippen molar-refractivity contribution in [3.63, 3.8) is 0 Å². The molecule has 2 aromatic rings. The molecule has 2 N–H and O–H groups in total. The van der Waals surface area contributed by atoms with Gasteiger partial charge in [-0.25, -0.2) is 4.79 Å². The summed E-state index contributed by atoms with van der Waals surface area (Å²) in [6.45, 7) is 1.58. The van der Waals surface area contributed by atoms with Crippen LogP contribution in [0.2, 0.25) is 5.02 Å². The van der Waals surface area contributed by atoms with E-state index in [0.29, 0.717) is 16.3 Å². The number of carbonyl (C=O) groups is 2. The van der Waals surface area contributed by atoms with Gasteiger partial charge in [-0.1, -0.05) is 35.9 Å². The highest BCUT2D eigenvalue weighted by molar-refractivity contribution is 7.85. The largest absolute Gasteiger partial charge is 0.478 e. The zero-order valence-corrected chi connectivity index (χ0v) is 14.4. The van der Waals surface area contributed by atoms with Gasteiger partial charge in [-0.2, -0.15) is 0 Å². The summed E-state index contributed by atoms with van der Waals surface area (Å²) >= 11 is 5.98. The van der Waals surface area contributed by atoms with Gasteiger partial charge in [0.15, 0.2) is 0 Å². The Bertz CT molecular complexity index is 776. The van der Waals surface area contributed by atoms with Crippen molar-refractivity contribution in [2.75, 3.05) is 5.32 Å². The van der Waals surface area contributed by atoms with Crippen LogP contribution in [0, 0.1) is 0 Å². The van der Waals surface area contributed by atoms with Crippen molar-refractivity contribution in [2.45, 2.75) is 17.9 Å². The number of halogens is 1. The van der Waals surface area contributed by atoms with Crippen LogP contribution in [0.25, 0.3) is 0 Å². The van der Waals surface area contributed by atoms with Crippen molar-refractivity contribution >= 4 is 40.0 Å². The van der Waals surface area contributed by atoms with E-state index in [1.807, 2.05) is 0 Å². The minimum atomic E-state index is -1.45. The number of nitrogens with one attached hydrogen (secondary N) is 1. The predicted octanol–water partition coefficient (Wildman–Crippen LogP) is 3.31. The molecule has 0 radical (unpaired) electrons. The molecule has 0 fully saturated rings. The maximum Gasteiger partial charge on any atom is 0.335 e. The second-order valence-electron chi connectivity index (χ2n) is 5.14. The Kier molecular flexibility index (Phi) is 6.11. The highest BCUT2D eigenvalue weighted by Gasteiger charge is 2.21. The second-order valence-corrected chi connectivity index (χ2v) is 7.30. The fraction of sp³-hybridized carbons (Fsp3) is 0.176. The van der Waals surface area contributed by atoms with Crippen LogP contribution in [-0.2, 0) is 21.3 Å². The van der Waals surface area contributed by atoms with Crippen LogP contribution in [0.1, 0.15) is 22.8 Å². The smallest absolute Gasteiger partial charge is 0.335 e. The average molecular weight is 366 g/mol. The Labute approximate surface area is 147 Å². The minimum Gasteiger partial charge on any atom is -0.478 e. The molecular formula is C17H16ClNO4S. The standard InChI is InChI=1S/C17H16ClNO4S/c1-11(16(20)19-15-5-3-2-4-14(15)18)24(23)10-12-6-8-13(9-7-12)17(21)22/h2-9,11H,10H2,1H3,(H,19,20)(H,21,22). The van der Waals surface area contributed by atoms with Crippen LogP contribution < -0.4 is 5.32 Å². The van der Waals surface area contributed by atoms with E-state index in [9.17, 15) is 13.8 Å². The lowest BCUT2D eigenvalue weighted by molar-refractivity contribution is -0.115. The van der Waals surface area contributed by atoms with E-state index in [1.54, 1.807) is 43.3 Å². The van der Waals surface area contributed by atoms with Crippen LogP contribution in [-0.4, -0.2) is 26.4 Å². The summed E-state index contributed by atoms with van der Waals surface area (Å²) in [5, 5.41) is 11.2. The highest BCUT2D eigenvalue weighted by atomic mass is 35.5. The number of anilines is 1. The molecule has 24 heavy (non-hydrogen) atoms. The summed E-state index contributed by atoms with van der Waals surface area (Å²) in [7, 11) is -1.45. The molecule has 0 heterocycles. The summed E-state index contributed by atoms with van der Waals surface area (Å²) in [5.74, 6) is -1.24. The van der Waals surface area contributed by atoms with Crippen molar-refractivity contribution < 1.29 is 18.9 Å². The predicted molar refractivity (Wildman–Crippen MR) is 94.8 cm³/mol. The molecule has 0 bridgehead atoms. The van der Waals surface area contributed by atoms with Gasteiger partial charge < -0.3 is 10.4 Å². The van der Waals surface area contributed by atoms with E-state index in [1.165, 1.54) is 12.1 Å². The van der Waals surface area contributed by atoms with Gasteiger partial charge in [0.05, 0.1) is 16.3 Å². The molecule has 2 rings (SSSR count). The Balaban J connectivity index is 1.99. The number of aromatic carboxylic acids is 1. The van der Waals surface area contributed by atoms with Gasteiger partial charge in [0.25, 0.3) is 0 Å². The average Bonchev–Trinajstić information content (AvgIpc) is 2.56. The molecule has 126 valence electrons. The van der Waals surface area contributed by atoms with Gasteiger partial charge in [-0.3, -0.25) is 9.00 Å². The van der Waals surface area contributed by atoms with E-state index in [0.717, 1.165) is 0 Å². The van der Waals surface area contributed by atoms with Crippen molar-refractivity contribution in [1.82, 2.24) is 0 Å². The third kappa shape index (κ3) is 4.66. The van der Waals surface area contributed by atoms with E-state index in [-0.39, 0.29) is 17.2 Å². The monoisotopic (exact) mass is 365 g/mol. The summed E-state index contributed by atoms with van der Waals surface area (Å²) in [4.78, 5) is 23.0. The number of carboxylic acid groups (broad SMARTS) is 1. The first-order valence-corrected chi connectivity index (χ1v) is 8.89. The molecule has 1 amide bonds. The molecule has 2 atom stereocenters. The van der Waals surface area contributed by atoms with Gasteiger partial charge in [0.1, 0.15) is 5.25 Å². The molecular weight excluding hydrogens is 350 g/mol. The normalized spacial score (nSPS) is 13.1. The molecule has 0 saturated heterocycles. The molecule has 0 saturated carbocycles. The number of hydrogen-bond donors (Lipinski definition) is 2. The Morgan fingerprint density at radius 3 is 2.38 bits per heavy atom. The number of para-hydroxylation sites is 1. The molecule has 0 aromatic heterocycles. The molecule has 0 aliphatic heterocycles.